The summed E-state index contributed by atoms with van der Waals surface area (Å²) in [5.41, 5.74) is 4.88. The lowest BCUT2D eigenvalue weighted by atomic mass is 9.85. The Balaban J connectivity index is 1.96. The van der Waals surface area contributed by atoms with Gasteiger partial charge in [-0.2, -0.15) is 0 Å². The fraction of sp³-hybridized carbons (Fsp3) is 0.447. The molecule has 0 bridgehead atoms. The first kappa shape index (κ1) is 40.4. The average molecular weight is 705 g/mol. The molecule has 1 heterocycles. The molecule has 0 fully saturated rings. The van der Waals surface area contributed by atoms with Crippen molar-refractivity contribution in [2.24, 2.45) is 10.8 Å². The summed E-state index contributed by atoms with van der Waals surface area (Å²) in [6.45, 7) is 10.9. The van der Waals surface area contributed by atoms with E-state index in [1.54, 1.807) is 32.0 Å². The predicted molar refractivity (Wildman–Crippen MR) is 194 cm³/mol. The van der Waals surface area contributed by atoms with Crippen molar-refractivity contribution in [2.45, 2.75) is 78.7 Å². The zero-order valence-corrected chi connectivity index (χ0v) is 30.7. The highest BCUT2D eigenvalue weighted by atomic mass is 16.5. The lowest BCUT2D eigenvalue weighted by Gasteiger charge is -2.35. The first-order chi connectivity index (χ1) is 24.0. The number of aliphatic hydroxyl groups is 1. The Morgan fingerprint density at radius 1 is 0.725 bits per heavy atom. The second-order valence-electron chi connectivity index (χ2n) is 14.5. The topological polar surface area (TPSA) is 171 Å². The number of carbonyl (C=O) groups excluding carboxylic acids is 4. The van der Waals surface area contributed by atoms with Gasteiger partial charge in [0.1, 0.15) is 12.1 Å². The molecule has 1 aromatic heterocycles. The summed E-state index contributed by atoms with van der Waals surface area (Å²) in [7, 11) is 2.44. The number of alkyl carbamates (subject to hydrolysis) is 2. The van der Waals surface area contributed by atoms with Crippen LogP contribution < -0.4 is 21.4 Å². The fourth-order valence-corrected chi connectivity index (χ4v) is 5.38. The third kappa shape index (κ3) is 12.7. The van der Waals surface area contributed by atoms with Crippen LogP contribution in [0.25, 0.3) is 11.3 Å². The van der Waals surface area contributed by atoms with E-state index in [0.717, 1.165) is 22.4 Å². The maximum atomic E-state index is 13.8. The van der Waals surface area contributed by atoms with E-state index in [1.807, 2.05) is 93.6 Å². The zero-order valence-electron chi connectivity index (χ0n) is 30.7. The first-order valence-corrected chi connectivity index (χ1v) is 16.8. The largest absolute Gasteiger partial charge is 0.453 e. The van der Waals surface area contributed by atoms with E-state index in [1.165, 1.54) is 14.2 Å². The van der Waals surface area contributed by atoms with Gasteiger partial charge < -0.3 is 30.5 Å². The Morgan fingerprint density at radius 2 is 1.27 bits per heavy atom. The molecule has 0 aliphatic carbocycles. The molecule has 13 nitrogen and oxygen atoms in total. The molecular weight excluding hydrogens is 652 g/mol. The number of methoxy groups -OCH3 is 2. The number of hydrogen-bond acceptors (Lipinski definition) is 9. The standard InChI is InChI=1S/C38H52N6O7/c1-37(2,3)31(41-35(48)50-7)33(46)40-29(22-25-14-10-9-11-15-25)30(45)24-44(43-34(47)32(38(4,5)6)42-36(49)51-8)23-26-17-19-27(20-18-26)28-16-12-13-21-39-28/h9-21,29-32,45H,22-24H2,1-8H3,(H,40,46)(H,41,48)(H,42,49)(H,43,47)/t29-,30-,31+,32-/m1/s1. The fourth-order valence-electron chi connectivity index (χ4n) is 5.38. The Hall–Kier alpha value is -5.01. The number of carbonyl (C=O) groups is 4. The summed E-state index contributed by atoms with van der Waals surface area (Å²) in [5, 5.41) is 21.6. The number of aromatic nitrogens is 1. The van der Waals surface area contributed by atoms with Gasteiger partial charge in [-0.15, -0.1) is 0 Å². The summed E-state index contributed by atoms with van der Waals surface area (Å²) in [6.07, 6.45) is -0.778. The van der Waals surface area contributed by atoms with E-state index in [4.69, 9.17) is 9.47 Å². The molecule has 0 aliphatic rings. The lowest BCUT2D eigenvalue weighted by molar-refractivity contribution is -0.132. The number of rotatable bonds is 14. The molecule has 51 heavy (non-hydrogen) atoms. The quantitative estimate of drug-likeness (QED) is 0.154. The van der Waals surface area contributed by atoms with Crippen molar-refractivity contribution in [1.29, 1.82) is 0 Å². The summed E-state index contributed by atoms with van der Waals surface area (Å²) in [4.78, 5) is 56.3. The van der Waals surface area contributed by atoms with Crippen molar-refractivity contribution < 1.29 is 33.8 Å². The number of hydrogen-bond donors (Lipinski definition) is 5. The van der Waals surface area contributed by atoms with Gasteiger partial charge >= 0.3 is 12.2 Å². The summed E-state index contributed by atoms with van der Waals surface area (Å²) in [5.74, 6) is -1.03. The maximum Gasteiger partial charge on any atom is 0.407 e. The van der Waals surface area contributed by atoms with E-state index in [9.17, 15) is 24.3 Å². The van der Waals surface area contributed by atoms with E-state index in [2.05, 4.69) is 26.4 Å². The van der Waals surface area contributed by atoms with Gasteiger partial charge in [0.25, 0.3) is 5.91 Å². The minimum atomic E-state index is -1.22. The number of nitrogens with zero attached hydrogens (tertiary/aromatic N) is 2. The van der Waals surface area contributed by atoms with Gasteiger partial charge in [-0.3, -0.25) is 20.0 Å². The molecule has 5 N–H and O–H groups in total. The monoisotopic (exact) mass is 704 g/mol. The van der Waals surface area contributed by atoms with Gasteiger partial charge in [-0.05, 0) is 40.5 Å². The molecule has 0 aliphatic heterocycles. The molecule has 276 valence electrons. The van der Waals surface area contributed by atoms with Crippen LogP contribution in [0.5, 0.6) is 0 Å². The maximum absolute atomic E-state index is 13.8. The van der Waals surface area contributed by atoms with Crippen molar-refractivity contribution in [3.8, 4) is 11.3 Å². The molecular formula is C38H52N6O7. The summed E-state index contributed by atoms with van der Waals surface area (Å²) >= 11 is 0. The van der Waals surface area contributed by atoms with E-state index < -0.39 is 59.1 Å². The number of benzene rings is 2. The molecule has 3 rings (SSSR count). The van der Waals surface area contributed by atoms with Gasteiger partial charge in [0, 0.05) is 24.8 Å². The van der Waals surface area contributed by atoms with Gasteiger partial charge in [0.15, 0.2) is 0 Å². The molecule has 0 unspecified atom stereocenters. The molecule has 0 saturated carbocycles. The number of ether oxygens (including phenoxy) is 2. The van der Waals surface area contributed by atoms with Crippen LogP contribution in [0.2, 0.25) is 0 Å². The Labute approximate surface area is 300 Å². The molecule has 3 aromatic rings. The Bertz CT molecular complexity index is 1570. The van der Waals surface area contributed by atoms with Gasteiger partial charge in [0.05, 0.1) is 32.1 Å². The van der Waals surface area contributed by atoms with Gasteiger partial charge in [-0.25, -0.2) is 14.6 Å². The second-order valence-corrected chi connectivity index (χ2v) is 14.5. The van der Waals surface area contributed by atoms with Crippen LogP contribution >= 0.6 is 0 Å². The number of pyridine rings is 1. The summed E-state index contributed by atoms with van der Waals surface area (Å²) < 4.78 is 9.54. The third-order valence-corrected chi connectivity index (χ3v) is 8.21. The first-order valence-electron chi connectivity index (χ1n) is 16.8. The normalized spacial score (nSPS) is 14.0. The minimum Gasteiger partial charge on any atom is -0.453 e. The molecule has 13 heteroatoms. The highest BCUT2D eigenvalue weighted by molar-refractivity contribution is 5.87. The number of nitrogens with one attached hydrogen (secondary N) is 4. The number of amides is 4. The van der Waals surface area contributed by atoms with Crippen molar-refractivity contribution in [3.63, 3.8) is 0 Å². The van der Waals surface area contributed by atoms with Crippen LogP contribution in [-0.4, -0.2) is 84.1 Å². The van der Waals surface area contributed by atoms with Crippen LogP contribution in [0.4, 0.5) is 9.59 Å². The smallest absolute Gasteiger partial charge is 0.407 e. The highest BCUT2D eigenvalue weighted by Gasteiger charge is 2.37. The van der Waals surface area contributed by atoms with Gasteiger partial charge in [0.2, 0.25) is 5.91 Å². The van der Waals surface area contributed by atoms with Crippen LogP contribution in [0.1, 0.15) is 52.7 Å². The number of hydrazine groups is 1. The lowest BCUT2D eigenvalue weighted by Crippen LogP contribution is -2.60. The van der Waals surface area contributed by atoms with E-state index in [0.29, 0.717) is 0 Å². The van der Waals surface area contributed by atoms with Gasteiger partial charge in [-0.1, -0.05) is 102 Å². The average Bonchev–Trinajstić information content (AvgIpc) is 3.08. The highest BCUT2D eigenvalue weighted by Crippen LogP contribution is 2.23. The summed E-state index contributed by atoms with van der Waals surface area (Å²) in [6, 6.07) is 19.8. The molecule has 0 radical (unpaired) electrons. The molecule has 0 saturated heterocycles. The zero-order chi connectivity index (χ0) is 37.8. The number of aliphatic hydroxyl groups excluding tert-OH is 1. The van der Waals surface area contributed by atoms with Crippen LogP contribution in [0.3, 0.4) is 0 Å². The van der Waals surface area contributed by atoms with Crippen LogP contribution in [-0.2, 0) is 32.0 Å². The Morgan fingerprint density at radius 3 is 1.78 bits per heavy atom. The molecule has 0 spiro atoms. The van der Waals surface area contributed by atoms with Crippen LogP contribution in [0.15, 0.2) is 79.0 Å². The van der Waals surface area contributed by atoms with E-state index in [-0.39, 0.29) is 19.5 Å². The van der Waals surface area contributed by atoms with Crippen molar-refractivity contribution in [1.82, 2.24) is 31.4 Å². The minimum absolute atomic E-state index is 0.120. The SMILES string of the molecule is COC(=O)N[C@H](C(=O)NN(Cc1ccc(-c2ccccn2)cc1)C[C@@H](O)[C@@H](Cc1ccccc1)NC(=O)[C@H](NC(=O)OC)C(C)(C)C)C(C)(C)C. The molecule has 4 atom stereocenters. The molecule has 2 aromatic carbocycles. The second kappa shape index (κ2) is 18.3. The molecule has 4 amide bonds. The van der Waals surface area contributed by atoms with E-state index >= 15 is 0 Å². The Kier molecular flexibility index (Phi) is 14.5. The van der Waals surface area contributed by atoms with Crippen molar-refractivity contribution >= 4 is 24.0 Å². The van der Waals surface area contributed by atoms with Crippen molar-refractivity contribution in [2.75, 3.05) is 20.8 Å². The third-order valence-electron chi connectivity index (χ3n) is 8.21. The van der Waals surface area contributed by atoms with Crippen LogP contribution in [0, 0.1) is 10.8 Å². The predicted octanol–water partition coefficient (Wildman–Crippen LogP) is 4.21. The van der Waals surface area contributed by atoms with Crippen molar-refractivity contribution in [3.05, 3.63) is 90.1 Å².